The molecule has 0 spiro atoms. The molecule has 1 heterocycles. The number of fused-ring (bicyclic) bond motifs is 1. The molecule has 0 aliphatic heterocycles. The molecule has 1 unspecified atom stereocenters. The zero-order valence-electron chi connectivity index (χ0n) is 12.6. The Morgan fingerprint density at radius 1 is 1.48 bits per heavy atom. The molecule has 1 aromatic carbocycles. The van der Waals surface area contributed by atoms with Crippen molar-refractivity contribution in [2.45, 2.75) is 31.3 Å². The van der Waals surface area contributed by atoms with Gasteiger partial charge in [0.2, 0.25) is 5.91 Å². The Morgan fingerprint density at radius 3 is 2.91 bits per heavy atom. The smallest absolute Gasteiger partial charge is 0.239 e. The normalized spacial score (nSPS) is 18.3. The van der Waals surface area contributed by atoms with Crippen molar-refractivity contribution in [2.75, 3.05) is 6.61 Å². The minimum absolute atomic E-state index is 0.120. The number of nitrogens with zero attached hydrogens (tertiary/aromatic N) is 2. The summed E-state index contributed by atoms with van der Waals surface area (Å²) < 4.78 is 1.88. The van der Waals surface area contributed by atoms with Crippen LogP contribution in [0.4, 0.5) is 0 Å². The molecule has 3 rings (SSSR count). The first-order valence-corrected chi connectivity index (χ1v) is 7.97. The summed E-state index contributed by atoms with van der Waals surface area (Å²) in [5, 5.41) is 17.0. The highest BCUT2D eigenvalue weighted by Gasteiger charge is 2.27. The summed E-state index contributed by atoms with van der Waals surface area (Å²) in [6.07, 6.45) is 4.48. The average Bonchev–Trinajstić information content (AvgIpc) is 3.00. The van der Waals surface area contributed by atoms with E-state index in [1.807, 2.05) is 28.9 Å². The van der Waals surface area contributed by atoms with Crippen molar-refractivity contribution < 1.29 is 9.90 Å². The third-order valence-electron chi connectivity index (χ3n) is 4.10. The summed E-state index contributed by atoms with van der Waals surface area (Å²) in [6, 6.07) is 6.47. The molecule has 0 fully saturated rings. The second-order valence-electron chi connectivity index (χ2n) is 5.68. The van der Waals surface area contributed by atoms with Crippen molar-refractivity contribution in [3.63, 3.8) is 0 Å². The van der Waals surface area contributed by atoms with Gasteiger partial charge in [0, 0.05) is 16.3 Å². The first kappa shape index (κ1) is 16.0. The number of hydrogen-bond donors (Lipinski definition) is 3. The second-order valence-corrected chi connectivity index (χ2v) is 6.11. The van der Waals surface area contributed by atoms with E-state index in [1.165, 1.54) is 0 Å². The maximum absolute atomic E-state index is 11.9. The lowest BCUT2D eigenvalue weighted by Gasteiger charge is -2.25. The summed E-state index contributed by atoms with van der Waals surface area (Å²) in [6.45, 7) is -0.366. The largest absolute Gasteiger partial charge is 0.394 e. The SMILES string of the molecule is N[C@@H](CO)C(=O)NC1CCCc2c1cnn2-c1ccc(Cl)cc1. The molecule has 23 heavy (non-hydrogen) atoms. The number of nitrogens with two attached hydrogens (primary N) is 1. The fourth-order valence-electron chi connectivity index (χ4n) is 2.87. The van der Waals surface area contributed by atoms with E-state index in [2.05, 4.69) is 10.4 Å². The van der Waals surface area contributed by atoms with Crippen LogP contribution in [0.2, 0.25) is 5.02 Å². The zero-order chi connectivity index (χ0) is 16.4. The standard InChI is InChI=1S/C16H19ClN4O2/c17-10-4-6-11(7-5-10)21-15-3-1-2-14(12(15)8-19-21)20-16(23)13(18)9-22/h4-8,13-14,22H,1-3,9,18H2,(H,20,23)/t13-,14?/m0/s1. The Balaban J connectivity index is 1.86. The van der Waals surface area contributed by atoms with Crippen molar-refractivity contribution in [2.24, 2.45) is 5.73 Å². The molecule has 6 nitrogen and oxygen atoms in total. The molecule has 1 aromatic heterocycles. The predicted molar refractivity (Wildman–Crippen MR) is 87.5 cm³/mol. The fourth-order valence-corrected chi connectivity index (χ4v) is 3.00. The van der Waals surface area contributed by atoms with E-state index in [0.29, 0.717) is 5.02 Å². The van der Waals surface area contributed by atoms with Crippen LogP contribution >= 0.6 is 11.6 Å². The Labute approximate surface area is 139 Å². The van der Waals surface area contributed by atoms with Gasteiger partial charge in [-0.3, -0.25) is 4.79 Å². The van der Waals surface area contributed by atoms with Crippen molar-refractivity contribution in [1.29, 1.82) is 0 Å². The maximum Gasteiger partial charge on any atom is 0.239 e. The summed E-state index contributed by atoms with van der Waals surface area (Å²) in [7, 11) is 0. The number of halogens is 1. The van der Waals surface area contributed by atoms with Gasteiger partial charge in [0.25, 0.3) is 0 Å². The molecule has 0 saturated carbocycles. The molecule has 0 radical (unpaired) electrons. The van der Waals surface area contributed by atoms with Gasteiger partial charge in [0.15, 0.2) is 0 Å². The quantitative estimate of drug-likeness (QED) is 0.786. The monoisotopic (exact) mass is 334 g/mol. The van der Waals surface area contributed by atoms with Gasteiger partial charge in [0.1, 0.15) is 6.04 Å². The van der Waals surface area contributed by atoms with Crippen LogP contribution in [0.1, 0.15) is 30.1 Å². The van der Waals surface area contributed by atoms with Crippen LogP contribution in [-0.2, 0) is 11.2 Å². The van der Waals surface area contributed by atoms with E-state index in [4.69, 9.17) is 22.4 Å². The summed E-state index contributed by atoms with van der Waals surface area (Å²) in [5.41, 5.74) is 8.60. The topological polar surface area (TPSA) is 93.2 Å². The number of aliphatic hydroxyl groups excluding tert-OH is 1. The number of aliphatic hydroxyl groups is 1. The number of hydrogen-bond acceptors (Lipinski definition) is 4. The number of amides is 1. The molecule has 7 heteroatoms. The van der Waals surface area contributed by atoms with Crippen LogP contribution in [-0.4, -0.2) is 33.4 Å². The zero-order valence-corrected chi connectivity index (χ0v) is 13.3. The fraction of sp³-hybridized carbons (Fsp3) is 0.375. The number of rotatable bonds is 4. The van der Waals surface area contributed by atoms with Crippen LogP contribution in [0.5, 0.6) is 0 Å². The molecule has 2 atom stereocenters. The van der Waals surface area contributed by atoms with Crippen LogP contribution in [0.3, 0.4) is 0 Å². The second kappa shape index (κ2) is 6.70. The maximum atomic E-state index is 11.9. The molecule has 1 amide bonds. The van der Waals surface area contributed by atoms with Gasteiger partial charge < -0.3 is 16.2 Å². The van der Waals surface area contributed by atoms with Gasteiger partial charge in [-0.25, -0.2) is 4.68 Å². The Morgan fingerprint density at radius 2 is 2.22 bits per heavy atom. The van der Waals surface area contributed by atoms with Crippen molar-refractivity contribution in [3.05, 3.63) is 46.7 Å². The lowest BCUT2D eigenvalue weighted by atomic mass is 9.92. The van der Waals surface area contributed by atoms with Crippen LogP contribution in [0, 0.1) is 0 Å². The first-order chi connectivity index (χ1) is 11.1. The molecule has 4 N–H and O–H groups in total. The van der Waals surface area contributed by atoms with Crippen molar-refractivity contribution >= 4 is 17.5 Å². The number of carbonyl (C=O) groups is 1. The Bertz CT molecular complexity index is 699. The first-order valence-electron chi connectivity index (χ1n) is 7.59. The molecular weight excluding hydrogens is 316 g/mol. The third kappa shape index (κ3) is 3.24. The lowest BCUT2D eigenvalue weighted by molar-refractivity contribution is -0.124. The highest BCUT2D eigenvalue weighted by molar-refractivity contribution is 6.30. The van der Waals surface area contributed by atoms with Gasteiger partial charge in [-0.15, -0.1) is 0 Å². The van der Waals surface area contributed by atoms with Gasteiger partial charge in [-0.1, -0.05) is 11.6 Å². The molecule has 122 valence electrons. The molecule has 0 bridgehead atoms. The van der Waals surface area contributed by atoms with Gasteiger partial charge in [-0.05, 0) is 43.5 Å². The molecule has 2 aromatic rings. The number of nitrogens with one attached hydrogen (secondary N) is 1. The highest BCUT2D eigenvalue weighted by atomic mass is 35.5. The third-order valence-corrected chi connectivity index (χ3v) is 4.36. The number of aromatic nitrogens is 2. The molecule has 1 aliphatic carbocycles. The van der Waals surface area contributed by atoms with E-state index in [1.54, 1.807) is 6.20 Å². The van der Waals surface area contributed by atoms with E-state index in [0.717, 1.165) is 36.2 Å². The molecular formula is C16H19ClN4O2. The Hall–Kier alpha value is -1.89. The van der Waals surface area contributed by atoms with Crippen molar-refractivity contribution in [1.82, 2.24) is 15.1 Å². The van der Waals surface area contributed by atoms with Gasteiger partial charge in [-0.2, -0.15) is 5.10 Å². The van der Waals surface area contributed by atoms with E-state index in [9.17, 15) is 4.79 Å². The minimum atomic E-state index is -0.897. The number of benzene rings is 1. The number of carbonyl (C=O) groups excluding carboxylic acids is 1. The van der Waals surface area contributed by atoms with Gasteiger partial charge >= 0.3 is 0 Å². The molecule has 1 aliphatic rings. The van der Waals surface area contributed by atoms with E-state index >= 15 is 0 Å². The van der Waals surface area contributed by atoms with E-state index < -0.39 is 6.04 Å². The predicted octanol–water partition coefficient (Wildman–Crippen LogP) is 1.34. The van der Waals surface area contributed by atoms with Crippen LogP contribution in [0.15, 0.2) is 30.5 Å². The summed E-state index contributed by atoms with van der Waals surface area (Å²) in [4.78, 5) is 11.9. The molecule has 0 saturated heterocycles. The summed E-state index contributed by atoms with van der Waals surface area (Å²) in [5.74, 6) is -0.343. The Kier molecular flexibility index (Phi) is 4.66. The van der Waals surface area contributed by atoms with Crippen molar-refractivity contribution in [3.8, 4) is 5.69 Å². The van der Waals surface area contributed by atoms with Gasteiger partial charge in [0.05, 0.1) is 24.5 Å². The van der Waals surface area contributed by atoms with E-state index in [-0.39, 0.29) is 18.6 Å². The average molecular weight is 335 g/mol. The van der Waals surface area contributed by atoms with Crippen LogP contribution in [0.25, 0.3) is 5.69 Å². The lowest BCUT2D eigenvalue weighted by Crippen LogP contribution is -2.44. The minimum Gasteiger partial charge on any atom is -0.394 e. The van der Waals surface area contributed by atoms with Crippen LogP contribution < -0.4 is 11.1 Å². The highest BCUT2D eigenvalue weighted by Crippen LogP contribution is 2.31. The summed E-state index contributed by atoms with van der Waals surface area (Å²) >= 11 is 5.93.